The van der Waals surface area contributed by atoms with Gasteiger partial charge >= 0.3 is 12.3 Å². The van der Waals surface area contributed by atoms with Gasteiger partial charge in [-0.15, -0.1) is 0 Å². The second-order valence-electron chi connectivity index (χ2n) is 9.31. The Morgan fingerprint density at radius 3 is 2.22 bits per heavy atom. The number of nitrogens with one attached hydrogen (secondary N) is 2. The third kappa shape index (κ3) is 7.63. The van der Waals surface area contributed by atoms with Crippen molar-refractivity contribution in [3.63, 3.8) is 0 Å². The molecule has 194 valence electrons. The molecule has 3 rings (SSSR count). The molecule has 7 nitrogen and oxygen atoms in total. The number of amides is 2. The molecule has 0 spiro atoms. The molecule has 1 heterocycles. The predicted octanol–water partition coefficient (Wildman–Crippen LogP) is 6.63. The molecule has 0 aliphatic carbocycles. The third-order valence-electron chi connectivity index (χ3n) is 5.08. The van der Waals surface area contributed by atoms with Crippen molar-refractivity contribution >= 4 is 29.2 Å². The molecule has 3 aromatic rings. The van der Waals surface area contributed by atoms with Crippen LogP contribution in [0.4, 0.5) is 29.3 Å². The van der Waals surface area contributed by atoms with Gasteiger partial charge in [-0.1, -0.05) is 24.3 Å². The fourth-order valence-electron chi connectivity index (χ4n) is 3.48. The molecular weight excluding hydrogens is 487 g/mol. The molecule has 0 fully saturated rings. The van der Waals surface area contributed by atoms with Crippen molar-refractivity contribution in [2.45, 2.75) is 45.9 Å². The molecule has 0 unspecified atom stereocenters. The van der Waals surface area contributed by atoms with Crippen LogP contribution in [-0.4, -0.2) is 28.4 Å². The van der Waals surface area contributed by atoms with Gasteiger partial charge in [-0.3, -0.25) is 19.9 Å². The number of ketones is 1. The van der Waals surface area contributed by atoms with E-state index in [0.29, 0.717) is 6.07 Å². The summed E-state index contributed by atoms with van der Waals surface area (Å²) in [6.45, 7) is 6.11. The van der Waals surface area contributed by atoms with E-state index in [0.717, 1.165) is 17.2 Å². The number of hydrogen-bond acceptors (Lipinski definition) is 5. The molecule has 2 aromatic carbocycles. The first kappa shape index (κ1) is 27.4. The highest BCUT2D eigenvalue weighted by Gasteiger charge is 2.34. The van der Waals surface area contributed by atoms with Gasteiger partial charge in [0.05, 0.1) is 23.4 Å². The number of aryl methyl sites for hydroxylation is 1. The third-order valence-corrected chi connectivity index (χ3v) is 5.08. The highest BCUT2D eigenvalue weighted by Crippen LogP contribution is 2.37. The first-order valence-corrected chi connectivity index (χ1v) is 11.3. The van der Waals surface area contributed by atoms with E-state index in [1.165, 1.54) is 6.92 Å². The fourth-order valence-corrected chi connectivity index (χ4v) is 3.48. The number of anilines is 2. The lowest BCUT2D eigenvalue weighted by Crippen LogP contribution is -2.28. The molecule has 2 amide bonds. The maximum atomic E-state index is 13.5. The monoisotopic (exact) mass is 513 g/mol. The van der Waals surface area contributed by atoms with Crippen LogP contribution in [0, 0.1) is 6.92 Å². The van der Waals surface area contributed by atoms with Crippen molar-refractivity contribution in [2.24, 2.45) is 0 Å². The summed E-state index contributed by atoms with van der Waals surface area (Å²) in [6, 6.07) is 12.0. The summed E-state index contributed by atoms with van der Waals surface area (Å²) in [4.78, 5) is 41.8. The maximum absolute atomic E-state index is 13.5. The summed E-state index contributed by atoms with van der Waals surface area (Å²) in [5.74, 6) is -1.38. The Hall–Kier alpha value is -4.21. The smallest absolute Gasteiger partial charge is 0.416 e. The van der Waals surface area contributed by atoms with Crippen molar-refractivity contribution in [1.82, 2.24) is 4.98 Å². The van der Waals surface area contributed by atoms with Gasteiger partial charge in [-0.25, -0.2) is 4.79 Å². The van der Waals surface area contributed by atoms with E-state index in [4.69, 9.17) is 4.74 Å². The van der Waals surface area contributed by atoms with Gasteiger partial charge in [0.1, 0.15) is 5.60 Å². The minimum absolute atomic E-state index is 0.0980. The number of nitrogens with zero attached hydrogens (tertiary/aromatic N) is 1. The molecule has 0 atom stereocenters. The van der Waals surface area contributed by atoms with Gasteiger partial charge < -0.3 is 10.1 Å². The van der Waals surface area contributed by atoms with Crippen LogP contribution >= 0.6 is 0 Å². The van der Waals surface area contributed by atoms with E-state index >= 15 is 0 Å². The summed E-state index contributed by atoms with van der Waals surface area (Å²) in [5, 5.41) is 4.69. The van der Waals surface area contributed by atoms with Crippen LogP contribution in [0.25, 0.3) is 11.1 Å². The number of alkyl halides is 3. The Bertz CT molecular complexity index is 1320. The molecular formula is C27H26F3N3O4. The fraction of sp³-hybridized carbons (Fsp3) is 0.259. The molecule has 2 N–H and O–H groups in total. The van der Waals surface area contributed by atoms with Gasteiger partial charge in [-0.2, -0.15) is 13.2 Å². The molecule has 0 aliphatic heterocycles. The second-order valence-corrected chi connectivity index (χ2v) is 9.31. The molecule has 0 bridgehead atoms. The number of carbonyl (C=O) groups excluding carboxylic acids is 3. The van der Waals surface area contributed by atoms with Crippen LogP contribution < -0.4 is 10.6 Å². The quantitative estimate of drug-likeness (QED) is 0.285. The summed E-state index contributed by atoms with van der Waals surface area (Å²) in [6.07, 6.45) is -2.99. The number of halogens is 3. The van der Waals surface area contributed by atoms with Crippen LogP contribution in [-0.2, 0) is 15.7 Å². The lowest BCUT2D eigenvalue weighted by atomic mass is 10.0. The maximum Gasteiger partial charge on any atom is 0.416 e. The van der Waals surface area contributed by atoms with Crippen molar-refractivity contribution < 1.29 is 32.3 Å². The Labute approximate surface area is 212 Å². The minimum atomic E-state index is -4.70. The van der Waals surface area contributed by atoms with Crippen LogP contribution in [0.1, 0.15) is 48.7 Å². The summed E-state index contributed by atoms with van der Waals surface area (Å²) in [5.41, 5.74) is -0.679. The first-order valence-electron chi connectivity index (χ1n) is 11.3. The average Bonchev–Trinajstić information content (AvgIpc) is 2.79. The zero-order valence-corrected chi connectivity index (χ0v) is 20.7. The van der Waals surface area contributed by atoms with E-state index in [2.05, 4.69) is 15.6 Å². The first-order chi connectivity index (χ1) is 17.2. The largest absolute Gasteiger partial charge is 0.444 e. The predicted molar refractivity (Wildman–Crippen MR) is 133 cm³/mol. The number of Topliss-reactive ketones (excluding diaryl/α,β-unsaturated/α-hetero) is 1. The Kier molecular flexibility index (Phi) is 8.00. The second kappa shape index (κ2) is 10.8. The number of ether oxygens (including phenoxy) is 1. The van der Waals surface area contributed by atoms with Gasteiger partial charge in [0.2, 0.25) is 5.91 Å². The normalized spacial score (nSPS) is 11.5. The Morgan fingerprint density at radius 2 is 1.59 bits per heavy atom. The Balaban J connectivity index is 1.83. The van der Waals surface area contributed by atoms with Gasteiger partial charge in [0.15, 0.2) is 5.78 Å². The number of benzene rings is 2. The number of hydrogen-bond donors (Lipinski definition) is 2. The molecule has 10 heteroatoms. The van der Waals surface area contributed by atoms with Crippen molar-refractivity contribution in [1.29, 1.82) is 0 Å². The van der Waals surface area contributed by atoms with E-state index in [-0.39, 0.29) is 22.5 Å². The van der Waals surface area contributed by atoms with E-state index in [1.807, 2.05) is 6.07 Å². The number of pyridine rings is 1. The molecule has 0 radical (unpaired) electrons. The number of aromatic nitrogens is 1. The molecule has 0 saturated carbocycles. The average molecular weight is 514 g/mol. The van der Waals surface area contributed by atoms with E-state index in [9.17, 15) is 27.6 Å². The summed E-state index contributed by atoms with van der Waals surface area (Å²) >= 11 is 0. The lowest BCUT2D eigenvalue weighted by molar-refractivity contribution is -0.138. The molecule has 1 aromatic heterocycles. The topological polar surface area (TPSA) is 97.4 Å². The van der Waals surface area contributed by atoms with Gasteiger partial charge in [0, 0.05) is 23.5 Å². The van der Waals surface area contributed by atoms with Crippen LogP contribution in [0.3, 0.4) is 0 Å². The SMILES string of the molecule is Cc1cc(NC(=O)OC(C)(C)C)c(NC(=O)CC(=O)c2cccc(-c3cccnc3)c2)cc1C(F)(F)F. The highest BCUT2D eigenvalue weighted by molar-refractivity contribution is 6.12. The number of rotatable bonds is 6. The van der Waals surface area contributed by atoms with Crippen molar-refractivity contribution in [3.05, 3.63) is 77.6 Å². The lowest BCUT2D eigenvalue weighted by Gasteiger charge is -2.21. The Morgan fingerprint density at radius 1 is 0.919 bits per heavy atom. The van der Waals surface area contributed by atoms with Crippen molar-refractivity contribution in [2.75, 3.05) is 10.6 Å². The van der Waals surface area contributed by atoms with Gasteiger partial charge in [0.25, 0.3) is 0 Å². The van der Waals surface area contributed by atoms with Crippen molar-refractivity contribution in [3.8, 4) is 11.1 Å². The van der Waals surface area contributed by atoms with Crippen LogP contribution in [0.15, 0.2) is 60.9 Å². The highest BCUT2D eigenvalue weighted by atomic mass is 19.4. The number of carbonyl (C=O) groups is 3. The molecule has 37 heavy (non-hydrogen) atoms. The zero-order chi connectivity index (χ0) is 27.4. The molecule has 0 aliphatic rings. The minimum Gasteiger partial charge on any atom is -0.444 e. The zero-order valence-electron chi connectivity index (χ0n) is 20.7. The standard InChI is InChI=1S/C27H26F3N3O4/c1-16-11-21(33-25(36)37-26(2,3)4)22(13-20(16)27(28,29)30)32-24(35)14-23(34)18-8-5-7-17(12-18)19-9-6-10-31-15-19/h5-13,15H,14H2,1-4H3,(H,32,35)(H,33,36). The van der Waals surface area contributed by atoms with E-state index < -0.39 is 41.5 Å². The van der Waals surface area contributed by atoms with Crippen LogP contribution in [0.5, 0.6) is 0 Å². The van der Waals surface area contributed by atoms with E-state index in [1.54, 1.807) is 63.5 Å². The van der Waals surface area contributed by atoms with Gasteiger partial charge in [-0.05, 0) is 63.1 Å². The summed E-state index contributed by atoms with van der Waals surface area (Å²) in [7, 11) is 0. The molecule has 0 saturated heterocycles. The summed E-state index contributed by atoms with van der Waals surface area (Å²) < 4.78 is 45.7. The van der Waals surface area contributed by atoms with Crippen LogP contribution in [0.2, 0.25) is 0 Å².